The Labute approximate surface area is 141 Å². The highest BCUT2D eigenvalue weighted by molar-refractivity contribution is 5.68. The van der Waals surface area contributed by atoms with Crippen molar-refractivity contribution >= 4 is 5.97 Å². The third kappa shape index (κ3) is 3.49. The molecule has 2 aliphatic rings. The lowest BCUT2D eigenvalue weighted by atomic mass is 9.79. The van der Waals surface area contributed by atoms with E-state index >= 15 is 0 Å². The Bertz CT molecular complexity index is 573. The van der Waals surface area contributed by atoms with Crippen LogP contribution in [0.25, 0.3) is 0 Å². The van der Waals surface area contributed by atoms with Crippen molar-refractivity contribution in [2.24, 2.45) is 0 Å². The van der Waals surface area contributed by atoms with Gasteiger partial charge in [0.15, 0.2) is 0 Å². The van der Waals surface area contributed by atoms with Crippen LogP contribution in [-0.2, 0) is 27.4 Å². The van der Waals surface area contributed by atoms with E-state index in [0.717, 1.165) is 38.0 Å². The summed E-state index contributed by atoms with van der Waals surface area (Å²) < 4.78 is 17.0. The van der Waals surface area contributed by atoms with Crippen LogP contribution in [0.2, 0.25) is 0 Å². The Kier molecular flexibility index (Phi) is 5.24. The Morgan fingerprint density at radius 1 is 1.42 bits per heavy atom. The molecular weight excluding hydrogens is 314 g/mol. The number of hydrogen-bond donors (Lipinski definition) is 2. The molecule has 1 aliphatic heterocycles. The van der Waals surface area contributed by atoms with E-state index in [1.165, 1.54) is 0 Å². The summed E-state index contributed by atoms with van der Waals surface area (Å²) in [7, 11) is 1.76. The summed E-state index contributed by atoms with van der Waals surface area (Å²) in [5.74, 6) is 0.446. The lowest BCUT2D eigenvalue weighted by Gasteiger charge is -2.43. The molecule has 1 aromatic rings. The van der Waals surface area contributed by atoms with E-state index in [2.05, 4.69) is 4.90 Å². The Balaban J connectivity index is 1.68. The first-order valence-corrected chi connectivity index (χ1v) is 8.37. The number of nitrogens with zero attached hydrogens (tertiary/aromatic N) is 1. The molecule has 0 spiro atoms. The van der Waals surface area contributed by atoms with Crippen molar-refractivity contribution in [3.05, 3.63) is 23.7 Å². The summed E-state index contributed by atoms with van der Waals surface area (Å²) >= 11 is 0. The quantitative estimate of drug-likeness (QED) is 0.775. The molecule has 0 amide bonds. The van der Waals surface area contributed by atoms with Crippen LogP contribution in [0.5, 0.6) is 0 Å². The van der Waals surface area contributed by atoms with Crippen molar-refractivity contribution in [2.45, 2.75) is 56.6 Å². The summed E-state index contributed by atoms with van der Waals surface area (Å²) in [6, 6.07) is 3.85. The second-order valence-electron chi connectivity index (χ2n) is 6.63. The second-order valence-corrected chi connectivity index (χ2v) is 6.63. The number of aliphatic hydroxyl groups excluding tert-OH is 1. The molecule has 0 aromatic carbocycles. The zero-order valence-electron chi connectivity index (χ0n) is 13.9. The number of fused-ring (bicyclic) bond motifs is 1. The molecule has 2 heterocycles. The molecule has 1 saturated heterocycles. The SMILES string of the molecule is CO[C@@]12CC[C@H](OCC(=O)O)C[C@@H]1N(Cc1ccc(CO)o1)CC2. The fraction of sp³-hybridized carbons (Fsp3) is 0.706. The molecule has 7 nitrogen and oxygen atoms in total. The molecule has 2 N–H and O–H groups in total. The maximum absolute atomic E-state index is 10.7. The zero-order chi connectivity index (χ0) is 17.2. The van der Waals surface area contributed by atoms with Crippen molar-refractivity contribution in [1.29, 1.82) is 0 Å². The van der Waals surface area contributed by atoms with Crippen LogP contribution in [0.3, 0.4) is 0 Å². The lowest BCUT2D eigenvalue weighted by Crippen LogP contribution is -2.51. The number of likely N-dealkylation sites (tertiary alicyclic amines) is 1. The maximum atomic E-state index is 10.7. The second kappa shape index (κ2) is 7.23. The van der Waals surface area contributed by atoms with E-state index in [4.69, 9.17) is 24.1 Å². The number of carboxylic acids is 1. The molecule has 134 valence electrons. The van der Waals surface area contributed by atoms with E-state index < -0.39 is 5.97 Å². The van der Waals surface area contributed by atoms with Crippen molar-refractivity contribution in [3.63, 3.8) is 0 Å². The highest BCUT2D eigenvalue weighted by Crippen LogP contribution is 2.43. The number of furan rings is 1. The number of hydrogen-bond acceptors (Lipinski definition) is 6. The van der Waals surface area contributed by atoms with Gasteiger partial charge in [-0.25, -0.2) is 4.79 Å². The topological polar surface area (TPSA) is 92.4 Å². The molecule has 0 unspecified atom stereocenters. The molecule has 2 fully saturated rings. The number of ether oxygens (including phenoxy) is 2. The Hall–Kier alpha value is -1.41. The summed E-state index contributed by atoms with van der Waals surface area (Å²) in [6.45, 7) is 1.20. The van der Waals surface area contributed by atoms with Crippen LogP contribution >= 0.6 is 0 Å². The molecular formula is C17H25NO6. The largest absolute Gasteiger partial charge is 0.480 e. The summed E-state index contributed by atoms with van der Waals surface area (Å²) in [6.07, 6.45) is 3.34. The van der Waals surface area contributed by atoms with Gasteiger partial charge in [-0.05, 0) is 37.8 Å². The third-order valence-electron chi connectivity index (χ3n) is 5.33. The normalized spacial score (nSPS) is 30.4. The molecule has 3 rings (SSSR count). The van der Waals surface area contributed by atoms with Gasteiger partial charge in [0.1, 0.15) is 24.7 Å². The number of methoxy groups -OCH3 is 1. The maximum Gasteiger partial charge on any atom is 0.329 e. The number of carboxylic acid groups (broad SMARTS) is 1. The third-order valence-corrected chi connectivity index (χ3v) is 5.33. The van der Waals surface area contributed by atoms with Gasteiger partial charge in [-0.15, -0.1) is 0 Å². The molecule has 0 radical (unpaired) electrons. The van der Waals surface area contributed by atoms with Gasteiger partial charge in [-0.1, -0.05) is 0 Å². The monoisotopic (exact) mass is 339 g/mol. The standard InChI is InChI=1S/C17H25NO6/c1-22-17-5-4-12(23-11-16(20)21)8-15(17)18(7-6-17)9-13-2-3-14(10-19)24-13/h2-3,12,15,19H,4-11H2,1H3,(H,20,21)/t12-,15-,17+/m0/s1. The minimum absolute atomic E-state index is 0.0559. The average Bonchev–Trinajstić information content (AvgIpc) is 3.18. The number of aliphatic hydroxyl groups is 1. The van der Waals surface area contributed by atoms with Crippen LogP contribution in [0.15, 0.2) is 16.5 Å². The van der Waals surface area contributed by atoms with E-state index in [1.54, 1.807) is 13.2 Å². The highest BCUT2D eigenvalue weighted by Gasteiger charge is 2.51. The van der Waals surface area contributed by atoms with Gasteiger partial charge >= 0.3 is 5.97 Å². The summed E-state index contributed by atoms with van der Waals surface area (Å²) in [5.41, 5.74) is -0.185. The predicted molar refractivity (Wildman–Crippen MR) is 84.4 cm³/mol. The zero-order valence-corrected chi connectivity index (χ0v) is 13.9. The first kappa shape index (κ1) is 17.4. The minimum atomic E-state index is -0.936. The molecule has 3 atom stereocenters. The molecule has 7 heteroatoms. The van der Waals surface area contributed by atoms with Gasteiger partial charge in [0.2, 0.25) is 0 Å². The number of rotatable bonds is 7. The molecule has 0 bridgehead atoms. The molecule has 24 heavy (non-hydrogen) atoms. The van der Waals surface area contributed by atoms with E-state index in [-0.39, 0.29) is 31.0 Å². The number of aliphatic carboxylic acids is 1. The van der Waals surface area contributed by atoms with Crippen LogP contribution in [-0.4, -0.2) is 59.1 Å². The van der Waals surface area contributed by atoms with Crippen LogP contribution in [0.1, 0.15) is 37.2 Å². The molecule has 1 saturated carbocycles. The van der Waals surface area contributed by atoms with E-state index in [0.29, 0.717) is 12.3 Å². The predicted octanol–water partition coefficient (Wildman–Crippen LogP) is 1.39. The van der Waals surface area contributed by atoms with Gasteiger partial charge in [0.25, 0.3) is 0 Å². The Morgan fingerprint density at radius 3 is 2.88 bits per heavy atom. The average molecular weight is 339 g/mol. The van der Waals surface area contributed by atoms with Crippen molar-refractivity contribution < 1.29 is 28.9 Å². The van der Waals surface area contributed by atoms with Crippen molar-refractivity contribution in [3.8, 4) is 0 Å². The van der Waals surface area contributed by atoms with Gasteiger partial charge in [0.05, 0.1) is 18.2 Å². The fourth-order valence-corrected chi connectivity index (χ4v) is 4.08. The van der Waals surface area contributed by atoms with Crippen LogP contribution in [0, 0.1) is 0 Å². The van der Waals surface area contributed by atoms with E-state index in [9.17, 15) is 4.79 Å². The molecule has 1 aromatic heterocycles. The first-order chi connectivity index (χ1) is 11.6. The van der Waals surface area contributed by atoms with Gasteiger partial charge in [-0.2, -0.15) is 0 Å². The summed E-state index contributed by atoms with van der Waals surface area (Å²) in [4.78, 5) is 13.1. The minimum Gasteiger partial charge on any atom is -0.480 e. The van der Waals surface area contributed by atoms with Crippen molar-refractivity contribution in [2.75, 3.05) is 20.3 Å². The lowest BCUT2D eigenvalue weighted by molar-refractivity contribution is -0.148. The molecule has 1 aliphatic carbocycles. The van der Waals surface area contributed by atoms with Crippen molar-refractivity contribution in [1.82, 2.24) is 4.90 Å². The van der Waals surface area contributed by atoms with Gasteiger partial charge < -0.3 is 24.1 Å². The highest BCUT2D eigenvalue weighted by atomic mass is 16.5. The van der Waals surface area contributed by atoms with Gasteiger partial charge in [0, 0.05) is 19.7 Å². The Morgan fingerprint density at radius 2 is 2.21 bits per heavy atom. The van der Waals surface area contributed by atoms with Gasteiger partial charge in [-0.3, -0.25) is 4.90 Å². The summed E-state index contributed by atoms with van der Waals surface area (Å²) in [5, 5.41) is 17.9. The smallest absolute Gasteiger partial charge is 0.329 e. The fourth-order valence-electron chi connectivity index (χ4n) is 4.08. The van der Waals surface area contributed by atoms with Crippen LogP contribution < -0.4 is 0 Å². The first-order valence-electron chi connectivity index (χ1n) is 8.37. The number of carbonyl (C=O) groups is 1. The van der Waals surface area contributed by atoms with E-state index in [1.807, 2.05) is 6.07 Å². The van der Waals surface area contributed by atoms with Crippen LogP contribution in [0.4, 0.5) is 0 Å².